The van der Waals surface area contributed by atoms with Crippen LogP contribution in [0.25, 0.3) is 0 Å². The summed E-state index contributed by atoms with van der Waals surface area (Å²) in [6, 6.07) is 0. The molecule has 1 unspecified atom stereocenters. The van der Waals surface area contributed by atoms with Gasteiger partial charge in [-0.25, -0.2) is 0 Å². The van der Waals surface area contributed by atoms with E-state index in [9.17, 15) is 14.4 Å². The first-order valence-electron chi connectivity index (χ1n) is 35.6. The van der Waals surface area contributed by atoms with Crippen LogP contribution >= 0.6 is 0 Å². The van der Waals surface area contributed by atoms with E-state index in [-0.39, 0.29) is 31.1 Å². The molecule has 1 atom stereocenters. The first kappa shape index (κ1) is 77.4. The predicted octanol–water partition coefficient (Wildman–Crippen LogP) is 24.5. The zero-order valence-corrected chi connectivity index (χ0v) is 53.9. The molecule has 0 amide bonds. The Morgan fingerprint density at radius 3 is 0.725 bits per heavy atom. The Morgan fingerprint density at radius 1 is 0.250 bits per heavy atom. The standard InChI is InChI=1S/C74H136O6/c1-4-7-10-13-16-19-22-25-28-31-33-34-35-36-37-38-39-40-42-43-46-49-52-55-58-61-64-67-73(76)79-70-71(69-78-72(75)66-63-60-57-54-51-48-45-30-27-24-21-18-15-12-9-6-3)80-74(77)68-65-62-59-56-53-50-47-44-41-32-29-26-23-20-17-14-11-8-5-2/h17,20,26,29-31,33,45,71H,4-16,18-19,21-25,27-28,32,34-44,46-70H2,1-3H3/b20-17-,29-26-,33-31-,45-30-. The van der Waals surface area contributed by atoms with Gasteiger partial charge in [-0.05, 0) is 103 Å². The Balaban J connectivity index is 4.27. The topological polar surface area (TPSA) is 78.9 Å². The molecule has 0 spiro atoms. The van der Waals surface area contributed by atoms with Crippen molar-refractivity contribution in [3.05, 3.63) is 48.6 Å². The number of ether oxygens (including phenoxy) is 3. The lowest BCUT2D eigenvalue weighted by Gasteiger charge is -2.18. The second kappa shape index (κ2) is 68.9. The Morgan fingerprint density at radius 2 is 0.450 bits per heavy atom. The van der Waals surface area contributed by atoms with Crippen LogP contribution in [-0.4, -0.2) is 37.2 Å². The number of carbonyl (C=O) groups is 3. The molecule has 0 bridgehead atoms. The molecule has 0 rings (SSSR count). The van der Waals surface area contributed by atoms with Crippen LogP contribution in [0.15, 0.2) is 48.6 Å². The zero-order valence-electron chi connectivity index (χ0n) is 53.9. The van der Waals surface area contributed by atoms with Gasteiger partial charge >= 0.3 is 17.9 Å². The maximum absolute atomic E-state index is 12.9. The quantitative estimate of drug-likeness (QED) is 0.0261. The molecule has 0 aliphatic heterocycles. The fraction of sp³-hybridized carbons (Fsp3) is 0.851. The van der Waals surface area contributed by atoms with Crippen LogP contribution < -0.4 is 0 Å². The molecule has 0 aromatic heterocycles. The largest absolute Gasteiger partial charge is 0.462 e. The molecular formula is C74H136O6. The molecule has 0 aromatic rings. The number of rotatable bonds is 66. The highest BCUT2D eigenvalue weighted by Gasteiger charge is 2.19. The average molecular weight is 1120 g/mol. The van der Waals surface area contributed by atoms with E-state index in [1.165, 1.54) is 276 Å². The summed E-state index contributed by atoms with van der Waals surface area (Å²) in [6.07, 6.45) is 87.1. The predicted molar refractivity (Wildman–Crippen MR) is 349 cm³/mol. The first-order valence-corrected chi connectivity index (χ1v) is 35.6. The van der Waals surface area contributed by atoms with Gasteiger partial charge in [0, 0.05) is 19.3 Å². The lowest BCUT2D eigenvalue weighted by atomic mass is 10.0. The minimum Gasteiger partial charge on any atom is -0.462 e. The first-order chi connectivity index (χ1) is 39.5. The highest BCUT2D eigenvalue weighted by molar-refractivity contribution is 5.71. The Hall–Kier alpha value is -2.63. The summed E-state index contributed by atoms with van der Waals surface area (Å²) in [7, 11) is 0. The summed E-state index contributed by atoms with van der Waals surface area (Å²) in [5.74, 6) is -0.861. The minimum absolute atomic E-state index is 0.0739. The van der Waals surface area contributed by atoms with Gasteiger partial charge in [0.05, 0.1) is 0 Å². The fourth-order valence-corrected chi connectivity index (χ4v) is 10.6. The normalized spacial score (nSPS) is 12.3. The van der Waals surface area contributed by atoms with E-state index < -0.39 is 6.10 Å². The monoisotopic (exact) mass is 1120 g/mol. The van der Waals surface area contributed by atoms with E-state index in [1.807, 2.05) is 0 Å². The SMILES string of the molecule is CCCCC/C=C\C/C=C\CCCCCCCCCCCC(=O)OC(COC(=O)CCCCCCC/C=C\CCCCCCCCC)COC(=O)CCCCCCCCCCCCCCCCC/C=C\CCCCCCCCCC. The van der Waals surface area contributed by atoms with Crippen LogP contribution in [0.5, 0.6) is 0 Å². The summed E-state index contributed by atoms with van der Waals surface area (Å²) in [6.45, 7) is 6.67. The summed E-state index contributed by atoms with van der Waals surface area (Å²) < 4.78 is 17.0. The highest BCUT2D eigenvalue weighted by atomic mass is 16.6. The second-order valence-electron chi connectivity index (χ2n) is 24.1. The summed E-state index contributed by atoms with van der Waals surface area (Å²) >= 11 is 0. The molecule has 0 radical (unpaired) electrons. The van der Waals surface area contributed by atoms with Crippen molar-refractivity contribution >= 4 is 17.9 Å². The van der Waals surface area contributed by atoms with Gasteiger partial charge in [-0.2, -0.15) is 0 Å². The van der Waals surface area contributed by atoms with E-state index in [0.717, 1.165) is 70.6 Å². The van der Waals surface area contributed by atoms with Gasteiger partial charge in [0.1, 0.15) is 13.2 Å². The van der Waals surface area contributed by atoms with E-state index in [1.54, 1.807) is 0 Å². The van der Waals surface area contributed by atoms with Gasteiger partial charge in [-0.1, -0.05) is 313 Å². The molecule has 0 saturated carbocycles. The third-order valence-corrected chi connectivity index (χ3v) is 16.0. The van der Waals surface area contributed by atoms with E-state index in [4.69, 9.17) is 14.2 Å². The molecule has 0 aliphatic rings. The van der Waals surface area contributed by atoms with E-state index in [0.29, 0.717) is 19.3 Å². The van der Waals surface area contributed by atoms with Gasteiger partial charge in [0.2, 0.25) is 0 Å². The number of unbranched alkanes of at least 4 members (excludes halogenated alkanes) is 47. The van der Waals surface area contributed by atoms with Crippen molar-refractivity contribution in [2.45, 2.75) is 393 Å². The maximum atomic E-state index is 12.9. The molecule has 6 heteroatoms. The number of esters is 3. The Kier molecular flexibility index (Phi) is 66.6. The maximum Gasteiger partial charge on any atom is 0.306 e. The van der Waals surface area contributed by atoms with Gasteiger partial charge < -0.3 is 14.2 Å². The van der Waals surface area contributed by atoms with Crippen molar-refractivity contribution in [2.24, 2.45) is 0 Å². The van der Waals surface area contributed by atoms with Crippen molar-refractivity contribution < 1.29 is 28.6 Å². The summed E-state index contributed by atoms with van der Waals surface area (Å²) in [5.41, 5.74) is 0. The molecule has 0 heterocycles. The number of allylic oxidation sites excluding steroid dienone is 8. The minimum atomic E-state index is -0.779. The molecule has 0 aromatic carbocycles. The lowest BCUT2D eigenvalue weighted by molar-refractivity contribution is -0.167. The van der Waals surface area contributed by atoms with Crippen molar-refractivity contribution in [1.29, 1.82) is 0 Å². The lowest BCUT2D eigenvalue weighted by Crippen LogP contribution is -2.30. The Labute approximate surface area is 498 Å². The van der Waals surface area contributed by atoms with E-state index in [2.05, 4.69) is 69.4 Å². The molecule has 468 valence electrons. The molecule has 0 saturated heterocycles. The molecule has 0 aliphatic carbocycles. The van der Waals surface area contributed by atoms with Crippen molar-refractivity contribution in [3.8, 4) is 0 Å². The molecule has 0 fully saturated rings. The molecule has 0 N–H and O–H groups in total. The third-order valence-electron chi connectivity index (χ3n) is 16.0. The summed E-state index contributed by atoms with van der Waals surface area (Å²) in [5, 5.41) is 0. The summed E-state index contributed by atoms with van der Waals surface area (Å²) in [4.78, 5) is 38.4. The van der Waals surface area contributed by atoms with Crippen LogP contribution in [0, 0.1) is 0 Å². The zero-order chi connectivity index (χ0) is 57.8. The van der Waals surface area contributed by atoms with Crippen molar-refractivity contribution in [3.63, 3.8) is 0 Å². The second-order valence-corrected chi connectivity index (χ2v) is 24.1. The molecular weight excluding hydrogens is 985 g/mol. The molecule has 6 nitrogen and oxygen atoms in total. The van der Waals surface area contributed by atoms with Gasteiger partial charge in [-0.15, -0.1) is 0 Å². The van der Waals surface area contributed by atoms with Crippen LogP contribution in [0.3, 0.4) is 0 Å². The van der Waals surface area contributed by atoms with Gasteiger partial charge in [-0.3, -0.25) is 14.4 Å². The fourth-order valence-electron chi connectivity index (χ4n) is 10.6. The van der Waals surface area contributed by atoms with Crippen LogP contribution in [0.4, 0.5) is 0 Å². The number of carbonyl (C=O) groups excluding carboxylic acids is 3. The highest BCUT2D eigenvalue weighted by Crippen LogP contribution is 2.18. The van der Waals surface area contributed by atoms with Crippen LogP contribution in [0.1, 0.15) is 387 Å². The van der Waals surface area contributed by atoms with Gasteiger partial charge in [0.15, 0.2) is 6.10 Å². The van der Waals surface area contributed by atoms with Crippen molar-refractivity contribution in [2.75, 3.05) is 13.2 Å². The Bertz CT molecular complexity index is 1380. The number of hydrogen-bond acceptors (Lipinski definition) is 6. The van der Waals surface area contributed by atoms with E-state index >= 15 is 0 Å². The number of hydrogen-bond donors (Lipinski definition) is 0. The van der Waals surface area contributed by atoms with Crippen LogP contribution in [-0.2, 0) is 28.6 Å². The molecule has 80 heavy (non-hydrogen) atoms. The van der Waals surface area contributed by atoms with Crippen LogP contribution in [0.2, 0.25) is 0 Å². The van der Waals surface area contributed by atoms with Gasteiger partial charge in [0.25, 0.3) is 0 Å². The average Bonchev–Trinajstić information content (AvgIpc) is 3.46. The third kappa shape index (κ3) is 66.2. The van der Waals surface area contributed by atoms with Crippen molar-refractivity contribution in [1.82, 2.24) is 0 Å². The smallest absolute Gasteiger partial charge is 0.306 e.